The van der Waals surface area contributed by atoms with Crippen LogP contribution in [0, 0.1) is 11.8 Å². The van der Waals surface area contributed by atoms with Crippen molar-refractivity contribution in [1.82, 2.24) is 41.9 Å². The van der Waals surface area contributed by atoms with Gasteiger partial charge in [-0.05, 0) is 89.9 Å². The number of ether oxygens (including phenoxy) is 4. The quantitative estimate of drug-likeness (QED) is 0.0273. The van der Waals surface area contributed by atoms with Crippen LogP contribution in [0.1, 0.15) is 126 Å². The zero-order valence-electron chi connectivity index (χ0n) is 45.2. The lowest BCUT2D eigenvalue weighted by atomic mass is 9.99. The maximum Gasteiger partial charge on any atom is 0.423 e. The molecule has 2 aliphatic heterocycles. The molecule has 0 radical (unpaired) electrons. The van der Waals surface area contributed by atoms with Crippen LogP contribution in [0.3, 0.4) is 0 Å². The van der Waals surface area contributed by atoms with Gasteiger partial charge in [0.2, 0.25) is 23.6 Å². The molecule has 10 N–H and O–H groups in total. The number of amides is 6. The third-order valence-corrected chi connectivity index (χ3v) is 15.6. The second-order valence-corrected chi connectivity index (χ2v) is 24.2. The molecule has 0 unspecified atom stereocenters. The van der Waals surface area contributed by atoms with Crippen molar-refractivity contribution in [2.75, 3.05) is 11.5 Å². The van der Waals surface area contributed by atoms with Crippen LogP contribution < -0.4 is 43.4 Å². The van der Waals surface area contributed by atoms with Crippen molar-refractivity contribution in [3.8, 4) is 0 Å². The molecule has 0 saturated carbocycles. The molecular weight excluding hydrogens is 1090 g/mol. The average molecular weight is 1170 g/mol. The standard InChI is InChI=1S/C50H72N10O14S4/c1-25(2)37-41(65)71-29(19-33(61)53-21-35-55-31(23-77-35)39(63)59-49(7,8)47(69)57-37)15-11-13-17-75-45(27(5)51)73-43(67)44(68)74-46(28(6)52)76-18-14-12-16-30-20-34(62)54-22-36-56-32(24-78-36)40(64)60-50(9,10)48(70)58-38(26(3)4)42(66)72-30/h11-12,15-16,23-30,37-38,75-76H,13-14,17-22,51-52H2,1-10H3,(H,53,61)(H,54,62)(H,57,69)(H,58,70)(H,59,63)(H,60,64)/b15-11+,16-12+/t27-,28-,29-,30-,37+,38+/m1/s1. The molecule has 28 heteroatoms. The summed E-state index contributed by atoms with van der Waals surface area (Å²) in [6.45, 7) is 15.9. The zero-order chi connectivity index (χ0) is 58.1. The van der Waals surface area contributed by atoms with Gasteiger partial charge in [-0.15, -0.1) is 22.7 Å². The summed E-state index contributed by atoms with van der Waals surface area (Å²) in [6.07, 6.45) is 4.32. The van der Waals surface area contributed by atoms with Gasteiger partial charge in [-0.1, -0.05) is 39.8 Å². The van der Waals surface area contributed by atoms with Crippen molar-refractivity contribution >= 4 is 115 Å². The van der Waals surface area contributed by atoms with Crippen LogP contribution >= 0.6 is 45.4 Å². The molecule has 0 spiro atoms. The minimum atomic E-state index is -1.43. The number of rotatable bonds is 12. The number of nitrogens with two attached hydrogens (primary N) is 2. The minimum Gasteiger partial charge on any atom is -0.456 e. The highest BCUT2D eigenvalue weighted by molar-refractivity contribution is 7.98. The van der Waals surface area contributed by atoms with E-state index in [-0.39, 0.29) is 47.4 Å². The predicted octanol–water partition coefficient (Wildman–Crippen LogP) is 1.33. The highest BCUT2D eigenvalue weighted by atomic mass is 32.1. The van der Waals surface area contributed by atoms with Crippen LogP contribution in [-0.4, -0.2) is 138 Å². The third-order valence-electron chi connectivity index (χ3n) is 11.3. The van der Waals surface area contributed by atoms with Gasteiger partial charge in [0, 0.05) is 10.8 Å². The van der Waals surface area contributed by atoms with E-state index in [2.05, 4.69) is 41.9 Å². The van der Waals surface area contributed by atoms with Gasteiger partial charge in [0.15, 0.2) is 0 Å². The predicted molar refractivity (Wildman–Crippen MR) is 298 cm³/mol. The summed E-state index contributed by atoms with van der Waals surface area (Å²) in [4.78, 5) is 140. The van der Waals surface area contributed by atoms with E-state index in [4.69, 9.17) is 30.4 Å². The first-order valence-electron chi connectivity index (χ1n) is 25.0. The number of carbonyl (C=O) groups is 10. The van der Waals surface area contributed by atoms with Crippen LogP contribution in [0.15, 0.2) is 35.1 Å². The van der Waals surface area contributed by atoms with Crippen LogP contribution in [0.25, 0.3) is 0 Å². The largest absolute Gasteiger partial charge is 0.456 e. The lowest BCUT2D eigenvalue weighted by Gasteiger charge is -2.29. The molecule has 6 atom stereocenters. The van der Waals surface area contributed by atoms with Gasteiger partial charge in [0.25, 0.3) is 11.8 Å². The van der Waals surface area contributed by atoms with E-state index in [1.807, 2.05) is 0 Å². The van der Waals surface area contributed by atoms with Gasteiger partial charge in [0.05, 0.1) is 38.0 Å². The molecule has 6 amide bonds. The molecule has 0 saturated heterocycles. The fourth-order valence-corrected chi connectivity index (χ4v) is 10.1. The number of thiazole rings is 2. The molecule has 2 aliphatic rings. The Balaban J connectivity index is 1.39. The maximum atomic E-state index is 13.5. The molecule has 0 aromatic carbocycles. The van der Waals surface area contributed by atoms with E-state index >= 15 is 0 Å². The van der Waals surface area contributed by atoms with Crippen LogP contribution in [0.4, 0.5) is 0 Å². The molecule has 4 bridgehead atoms. The summed E-state index contributed by atoms with van der Waals surface area (Å²) in [5.74, 6) is -7.97. The van der Waals surface area contributed by atoms with Crippen molar-refractivity contribution in [2.45, 2.75) is 155 Å². The number of thiol groups is 2. The Kier molecular flexibility index (Phi) is 24.5. The van der Waals surface area contributed by atoms with Crippen molar-refractivity contribution in [3.05, 3.63) is 56.5 Å². The number of carbonyl (C=O) groups excluding carboxylic acids is 10. The van der Waals surface area contributed by atoms with E-state index in [1.54, 1.807) is 53.7 Å². The molecule has 0 aliphatic carbocycles. The highest BCUT2D eigenvalue weighted by Crippen LogP contribution is 2.18. The van der Waals surface area contributed by atoms with Gasteiger partial charge < -0.3 is 62.3 Å². The molecule has 4 rings (SSSR count). The number of hydrogen-bond donors (Lipinski definition) is 10. The second kappa shape index (κ2) is 29.7. The van der Waals surface area contributed by atoms with Gasteiger partial charge in [0.1, 0.15) is 66.9 Å². The number of nitrogens with zero attached hydrogens (tertiary/aromatic N) is 2. The SMILES string of the molecule is CC(C)[C@@H]1NC(=O)C(C)(C)NC(=O)c2csc(n2)CNC(=O)C[C@@H](/C=C/CC/[SH]=C(/OC(=O)C(=O)O/C(=[SH]/CC/C=C/[C@@H]2CC(=O)NCc3nc(cs3)C(=O)NC(C)(C)C(=O)N[C@@H](C(C)C)C(=O)O2)[C@@H](C)N)[C@@H](C)N)OC1=O. The molecule has 2 aromatic heterocycles. The van der Waals surface area contributed by atoms with Crippen molar-refractivity contribution in [2.24, 2.45) is 23.3 Å². The Morgan fingerprint density at radius 3 is 1.35 bits per heavy atom. The summed E-state index contributed by atoms with van der Waals surface area (Å²) in [5.41, 5.74) is 9.51. The van der Waals surface area contributed by atoms with E-state index < -0.39 is 119 Å². The smallest absolute Gasteiger partial charge is 0.423 e. The molecule has 430 valence electrons. The highest BCUT2D eigenvalue weighted by Gasteiger charge is 2.38. The van der Waals surface area contributed by atoms with Crippen LogP contribution in [0.5, 0.6) is 0 Å². The van der Waals surface area contributed by atoms with Crippen LogP contribution in [0.2, 0.25) is 0 Å². The molecule has 0 fully saturated rings. The number of fused-ring (bicyclic) bond motifs is 4. The van der Waals surface area contributed by atoms with E-state index in [0.717, 1.165) is 22.7 Å². The van der Waals surface area contributed by atoms with Crippen molar-refractivity contribution in [1.29, 1.82) is 0 Å². The van der Waals surface area contributed by atoms with Crippen molar-refractivity contribution < 1.29 is 66.9 Å². The molecule has 4 heterocycles. The van der Waals surface area contributed by atoms with E-state index in [1.165, 1.54) is 50.6 Å². The van der Waals surface area contributed by atoms with Gasteiger partial charge in [-0.3, -0.25) is 28.8 Å². The van der Waals surface area contributed by atoms with Gasteiger partial charge in [-0.25, -0.2) is 29.1 Å². The van der Waals surface area contributed by atoms with Crippen LogP contribution in [-0.2, 0) is 70.4 Å². The lowest BCUT2D eigenvalue weighted by molar-refractivity contribution is -0.157. The number of hydrogen-bond acceptors (Lipinski definition) is 20. The maximum absolute atomic E-state index is 13.5. The number of nitrogens with one attached hydrogen (secondary N) is 6. The monoisotopic (exact) mass is 1160 g/mol. The first kappa shape index (κ1) is 64.3. The molecule has 24 nitrogen and oxygen atoms in total. The van der Waals surface area contributed by atoms with Gasteiger partial charge >= 0.3 is 23.9 Å². The Morgan fingerprint density at radius 2 is 1.01 bits per heavy atom. The van der Waals surface area contributed by atoms with E-state index in [9.17, 15) is 47.9 Å². The third kappa shape index (κ3) is 20.2. The van der Waals surface area contributed by atoms with Gasteiger partial charge in [-0.2, -0.15) is 22.7 Å². The first-order valence-corrected chi connectivity index (χ1v) is 29.0. The number of aromatic nitrogens is 2. The van der Waals surface area contributed by atoms with E-state index in [0.29, 0.717) is 57.1 Å². The first-order chi connectivity index (χ1) is 36.6. The molecular formula is C50H72N10O14S4. The fraction of sp³-hybridized carbons (Fsp3) is 0.560. The number of allylic oxidation sites excluding steroid dienone is 2. The Labute approximate surface area is 468 Å². The number of esters is 4. The molecule has 2 aromatic rings. The summed E-state index contributed by atoms with van der Waals surface area (Å²) >= 11 is 3.15. The topological polar surface area (TPSA) is 358 Å². The Bertz CT molecular complexity index is 2500. The average Bonchev–Trinajstić information content (AvgIpc) is 4.04. The van der Waals surface area contributed by atoms with Crippen molar-refractivity contribution in [3.63, 3.8) is 0 Å². The normalized spacial score (nSPS) is 22.5. The summed E-state index contributed by atoms with van der Waals surface area (Å²) < 4.78 is 22.3. The zero-order valence-corrected chi connectivity index (χ0v) is 48.6. The summed E-state index contributed by atoms with van der Waals surface area (Å²) in [5, 5.41) is 20.1. The minimum absolute atomic E-state index is 0.0000106. The molecule has 78 heavy (non-hydrogen) atoms. The Hall–Kier alpha value is -6.20. The second-order valence-electron chi connectivity index (χ2n) is 19.9. The Morgan fingerprint density at radius 1 is 0.654 bits per heavy atom. The number of cyclic esters (lactones) is 2. The summed E-state index contributed by atoms with van der Waals surface area (Å²) in [6, 6.07) is -3.87. The lowest BCUT2D eigenvalue weighted by Crippen LogP contribution is -2.59. The fourth-order valence-electron chi connectivity index (χ4n) is 6.85. The summed E-state index contributed by atoms with van der Waals surface area (Å²) in [7, 11) is 0.